The highest BCUT2D eigenvalue weighted by Crippen LogP contribution is 2.36. The van der Waals surface area contributed by atoms with E-state index in [0.717, 1.165) is 25.4 Å². The van der Waals surface area contributed by atoms with Crippen molar-refractivity contribution in [2.75, 3.05) is 0 Å². The summed E-state index contributed by atoms with van der Waals surface area (Å²) < 4.78 is 0. The first kappa shape index (κ1) is 17.0. The zero-order chi connectivity index (χ0) is 15.9. The van der Waals surface area contributed by atoms with E-state index in [4.69, 9.17) is 9.78 Å². The van der Waals surface area contributed by atoms with Gasteiger partial charge in [0.15, 0.2) is 6.10 Å². The van der Waals surface area contributed by atoms with Gasteiger partial charge in [-0.2, -0.15) is 4.89 Å². The molecule has 1 aliphatic carbocycles. The number of benzene rings is 1. The number of unbranched alkanes of at least 4 members (excludes halogenated alkanes) is 1. The minimum Gasteiger partial charge on any atom is -0.292 e. The van der Waals surface area contributed by atoms with Crippen LogP contribution in [0, 0.1) is 17.9 Å². The fourth-order valence-electron chi connectivity index (χ4n) is 2.84. The Bertz CT molecular complexity index is 466. The van der Waals surface area contributed by atoms with E-state index in [1.54, 1.807) is 0 Å². The van der Waals surface area contributed by atoms with Crippen LogP contribution in [0.3, 0.4) is 0 Å². The monoisotopic (exact) mass is 303 g/mol. The summed E-state index contributed by atoms with van der Waals surface area (Å²) in [5, 5.41) is 0. The molecule has 0 aliphatic heterocycles. The zero-order valence-electron chi connectivity index (χ0n) is 13.9. The molecule has 1 aromatic rings. The Labute approximate surface area is 133 Å². The highest BCUT2D eigenvalue weighted by molar-refractivity contribution is 5.88. The zero-order valence-corrected chi connectivity index (χ0v) is 13.9. The molecule has 3 nitrogen and oxygen atoms in total. The summed E-state index contributed by atoms with van der Waals surface area (Å²) in [5.41, 5.74) is 1.79. The molecule has 0 N–H and O–H groups in total. The average molecular weight is 303 g/mol. The number of aryl methyl sites for hydroxylation is 1. The van der Waals surface area contributed by atoms with Crippen LogP contribution < -0.4 is 0 Å². The van der Waals surface area contributed by atoms with Gasteiger partial charge >= 0.3 is 5.97 Å². The highest BCUT2D eigenvalue weighted by Gasteiger charge is 2.30. The SMILES string of the molecule is CCCCc1ccc(C(=O)OO[C]2CCCC(C)C2C)cc1. The van der Waals surface area contributed by atoms with Gasteiger partial charge < -0.3 is 0 Å². The van der Waals surface area contributed by atoms with Crippen LogP contribution in [-0.4, -0.2) is 5.97 Å². The Morgan fingerprint density at radius 2 is 1.95 bits per heavy atom. The van der Waals surface area contributed by atoms with Crippen LogP contribution in [0.15, 0.2) is 24.3 Å². The first-order chi connectivity index (χ1) is 10.6. The molecular formula is C19H27O3. The molecule has 1 aromatic carbocycles. The smallest absolute Gasteiger partial charge is 0.292 e. The van der Waals surface area contributed by atoms with E-state index < -0.39 is 5.97 Å². The van der Waals surface area contributed by atoms with Gasteiger partial charge in [0.2, 0.25) is 0 Å². The van der Waals surface area contributed by atoms with Gasteiger partial charge in [-0.3, -0.25) is 4.89 Å². The summed E-state index contributed by atoms with van der Waals surface area (Å²) in [4.78, 5) is 22.4. The van der Waals surface area contributed by atoms with Gasteiger partial charge in [-0.05, 0) is 48.8 Å². The van der Waals surface area contributed by atoms with Crippen molar-refractivity contribution >= 4 is 5.97 Å². The van der Waals surface area contributed by atoms with E-state index in [2.05, 4.69) is 20.8 Å². The van der Waals surface area contributed by atoms with E-state index >= 15 is 0 Å². The van der Waals surface area contributed by atoms with Crippen molar-refractivity contribution < 1.29 is 14.6 Å². The molecule has 2 rings (SSSR count). The molecule has 2 atom stereocenters. The Morgan fingerprint density at radius 1 is 1.23 bits per heavy atom. The van der Waals surface area contributed by atoms with Crippen molar-refractivity contribution in [3.8, 4) is 0 Å². The Hall–Kier alpha value is -1.35. The van der Waals surface area contributed by atoms with Crippen molar-refractivity contribution in [2.45, 2.75) is 59.3 Å². The highest BCUT2D eigenvalue weighted by atomic mass is 17.2. The van der Waals surface area contributed by atoms with Crippen molar-refractivity contribution in [3.05, 3.63) is 41.5 Å². The maximum atomic E-state index is 12.0. The fourth-order valence-corrected chi connectivity index (χ4v) is 2.84. The summed E-state index contributed by atoms with van der Waals surface area (Å²) in [5.74, 6) is 0.512. The lowest BCUT2D eigenvalue weighted by Gasteiger charge is -2.31. The van der Waals surface area contributed by atoms with Gasteiger partial charge in [0, 0.05) is 0 Å². The van der Waals surface area contributed by atoms with Gasteiger partial charge in [0.05, 0.1) is 5.56 Å². The number of carbonyl (C=O) groups is 1. The molecule has 0 spiro atoms. The minimum absolute atomic E-state index is 0.345. The van der Waals surface area contributed by atoms with E-state index in [-0.39, 0.29) is 0 Å². The van der Waals surface area contributed by atoms with E-state index in [1.807, 2.05) is 24.3 Å². The molecule has 1 aliphatic rings. The van der Waals surface area contributed by atoms with E-state index in [1.165, 1.54) is 24.8 Å². The van der Waals surface area contributed by atoms with Crippen LogP contribution in [0.5, 0.6) is 0 Å². The molecule has 1 fully saturated rings. The van der Waals surface area contributed by atoms with Crippen molar-refractivity contribution in [1.29, 1.82) is 0 Å². The van der Waals surface area contributed by atoms with Crippen LogP contribution >= 0.6 is 0 Å². The third-order valence-corrected chi connectivity index (χ3v) is 4.68. The van der Waals surface area contributed by atoms with Gasteiger partial charge in [-0.15, -0.1) is 0 Å². The summed E-state index contributed by atoms with van der Waals surface area (Å²) in [6, 6.07) is 7.61. The van der Waals surface area contributed by atoms with Crippen LogP contribution in [0.2, 0.25) is 0 Å². The quantitative estimate of drug-likeness (QED) is 0.541. The summed E-state index contributed by atoms with van der Waals surface area (Å²) >= 11 is 0. The fraction of sp³-hybridized carbons (Fsp3) is 0.579. The average Bonchev–Trinajstić information content (AvgIpc) is 2.54. The van der Waals surface area contributed by atoms with Crippen molar-refractivity contribution in [2.24, 2.45) is 11.8 Å². The Morgan fingerprint density at radius 3 is 2.64 bits per heavy atom. The maximum absolute atomic E-state index is 12.0. The van der Waals surface area contributed by atoms with E-state index in [0.29, 0.717) is 17.4 Å². The van der Waals surface area contributed by atoms with E-state index in [9.17, 15) is 4.79 Å². The van der Waals surface area contributed by atoms with Crippen LogP contribution in [0.25, 0.3) is 0 Å². The van der Waals surface area contributed by atoms with Gasteiger partial charge in [-0.25, -0.2) is 4.79 Å². The minimum atomic E-state index is -0.417. The lowest BCUT2D eigenvalue weighted by Crippen LogP contribution is -2.25. The lowest BCUT2D eigenvalue weighted by atomic mass is 9.80. The predicted molar refractivity (Wildman–Crippen MR) is 87.0 cm³/mol. The lowest BCUT2D eigenvalue weighted by molar-refractivity contribution is -0.248. The molecule has 22 heavy (non-hydrogen) atoms. The first-order valence-electron chi connectivity index (χ1n) is 8.45. The normalized spacial score (nSPS) is 22.5. The summed E-state index contributed by atoms with van der Waals surface area (Å²) in [7, 11) is 0. The third-order valence-electron chi connectivity index (χ3n) is 4.68. The van der Waals surface area contributed by atoms with Crippen molar-refractivity contribution in [3.63, 3.8) is 0 Å². The molecular weight excluding hydrogens is 276 g/mol. The molecule has 0 saturated heterocycles. The van der Waals surface area contributed by atoms with Crippen LogP contribution in [-0.2, 0) is 16.2 Å². The molecule has 0 bridgehead atoms. The topological polar surface area (TPSA) is 35.5 Å². The second-order valence-corrected chi connectivity index (χ2v) is 6.38. The maximum Gasteiger partial charge on any atom is 0.373 e. The number of hydrogen-bond donors (Lipinski definition) is 0. The van der Waals surface area contributed by atoms with Crippen LogP contribution in [0.1, 0.15) is 68.8 Å². The largest absolute Gasteiger partial charge is 0.373 e. The van der Waals surface area contributed by atoms with Crippen LogP contribution in [0.4, 0.5) is 0 Å². The number of rotatable bonds is 6. The molecule has 0 heterocycles. The Balaban J connectivity index is 1.84. The predicted octanol–water partition coefficient (Wildman–Crippen LogP) is 5.11. The van der Waals surface area contributed by atoms with Crippen molar-refractivity contribution in [1.82, 2.24) is 0 Å². The molecule has 121 valence electrons. The van der Waals surface area contributed by atoms with Gasteiger partial charge in [0.1, 0.15) is 0 Å². The van der Waals surface area contributed by atoms with Gasteiger partial charge in [0.25, 0.3) is 0 Å². The number of hydrogen-bond acceptors (Lipinski definition) is 3. The number of carbonyl (C=O) groups excluding carboxylic acids is 1. The summed E-state index contributed by atoms with van der Waals surface area (Å²) in [6.45, 7) is 6.52. The molecule has 1 radical (unpaired) electrons. The molecule has 0 amide bonds. The molecule has 1 saturated carbocycles. The Kier molecular flexibility index (Phi) is 6.44. The first-order valence-corrected chi connectivity index (χ1v) is 8.45. The standard InChI is InChI=1S/C19H27O3/c1-4-5-8-16-10-12-17(13-11-16)19(20)22-21-18-9-6-7-14(2)15(18)3/h10-15H,4-9H2,1-3H3. The van der Waals surface area contributed by atoms with Gasteiger partial charge in [-0.1, -0.05) is 52.2 Å². The molecule has 3 heteroatoms. The molecule has 2 unspecified atom stereocenters. The molecule has 0 aromatic heterocycles. The third kappa shape index (κ3) is 4.57. The summed E-state index contributed by atoms with van der Waals surface area (Å²) in [6.07, 6.45) is 7.48. The second kappa shape index (κ2) is 8.33. The second-order valence-electron chi connectivity index (χ2n) is 6.38.